The molecule has 0 radical (unpaired) electrons. The summed E-state index contributed by atoms with van der Waals surface area (Å²) in [5.74, 6) is -0.313. The summed E-state index contributed by atoms with van der Waals surface area (Å²) in [4.78, 5) is 14.9. The molecule has 2 rings (SSSR count). The molecule has 0 bridgehead atoms. The first-order valence-electron chi connectivity index (χ1n) is 5.54. The molecule has 0 aliphatic carbocycles. The lowest BCUT2D eigenvalue weighted by atomic mass is 10.2. The summed E-state index contributed by atoms with van der Waals surface area (Å²) in [7, 11) is 0. The van der Waals surface area contributed by atoms with Gasteiger partial charge in [0.25, 0.3) is 0 Å². The molecule has 98 valence electrons. The number of hydrogen-bond acceptors (Lipinski definition) is 3. The summed E-state index contributed by atoms with van der Waals surface area (Å²) in [6.45, 7) is 0.752. The summed E-state index contributed by atoms with van der Waals surface area (Å²) in [5, 5.41) is 5.43. The van der Waals surface area contributed by atoms with Crippen LogP contribution in [-0.4, -0.2) is 23.5 Å². The molecule has 1 unspecified atom stereocenters. The Labute approximate surface area is 102 Å². The average Bonchev–Trinajstić information content (AvgIpc) is 2.81. The maximum Gasteiger partial charge on any atom is 0.433 e. The van der Waals surface area contributed by atoms with Gasteiger partial charge in [-0.3, -0.25) is 9.78 Å². The van der Waals surface area contributed by atoms with E-state index < -0.39 is 11.9 Å². The van der Waals surface area contributed by atoms with Gasteiger partial charge in [0.2, 0.25) is 5.91 Å². The Morgan fingerprint density at radius 2 is 2.28 bits per heavy atom. The van der Waals surface area contributed by atoms with Crippen LogP contribution in [-0.2, 0) is 11.0 Å². The summed E-state index contributed by atoms with van der Waals surface area (Å²) in [6.07, 6.45) is -1.89. The average molecular weight is 259 g/mol. The third kappa shape index (κ3) is 2.98. The smallest absolute Gasteiger partial charge is 0.325 e. The number of pyridine rings is 1. The number of rotatable bonds is 2. The zero-order valence-electron chi connectivity index (χ0n) is 9.42. The minimum Gasteiger partial charge on any atom is -0.325 e. The molecule has 18 heavy (non-hydrogen) atoms. The summed E-state index contributed by atoms with van der Waals surface area (Å²) >= 11 is 0. The van der Waals surface area contributed by atoms with Crippen LogP contribution in [0.15, 0.2) is 18.3 Å². The SMILES string of the molecule is O=C(Nc1ccnc(C(F)(F)F)c1)C1CCCN1. The van der Waals surface area contributed by atoms with Gasteiger partial charge in [0.05, 0.1) is 6.04 Å². The van der Waals surface area contributed by atoms with Gasteiger partial charge in [0.15, 0.2) is 0 Å². The highest BCUT2D eigenvalue weighted by molar-refractivity contribution is 5.95. The number of halogens is 3. The summed E-state index contributed by atoms with van der Waals surface area (Å²) in [5.41, 5.74) is -0.907. The highest BCUT2D eigenvalue weighted by atomic mass is 19.4. The molecule has 0 spiro atoms. The number of nitrogens with one attached hydrogen (secondary N) is 2. The van der Waals surface area contributed by atoms with E-state index in [1.54, 1.807) is 0 Å². The van der Waals surface area contributed by atoms with Gasteiger partial charge in [0, 0.05) is 11.9 Å². The first-order valence-corrected chi connectivity index (χ1v) is 5.54. The van der Waals surface area contributed by atoms with Crippen LogP contribution in [0.5, 0.6) is 0 Å². The van der Waals surface area contributed by atoms with Crippen molar-refractivity contribution in [3.8, 4) is 0 Å². The van der Waals surface area contributed by atoms with E-state index in [-0.39, 0.29) is 17.6 Å². The van der Waals surface area contributed by atoms with Crippen molar-refractivity contribution in [1.82, 2.24) is 10.3 Å². The van der Waals surface area contributed by atoms with Crippen molar-refractivity contribution in [3.05, 3.63) is 24.0 Å². The zero-order valence-corrected chi connectivity index (χ0v) is 9.42. The van der Waals surface area contributed by atoms with Crippen molar-refractivity contribution in [3.63, 3.8) is 0 Å². The number of carbonyl (C=O) groups is 1. The van der Waals surface area contributed by atoms with E-state index in [0.717, 1.165) is 25.2 Å². The van der Waals surface area contributed by atoms with Crippen LogP contribution < -0.4 is 10.6 Å². The Morgan fingerprint density at radius 3 is 2.89 bits per heavy atom. The highest BCUT2D eigenvalue weighted by Gasteiger charge is 2.32. The first kappa shape index (κ1) is 12.8. The van der Waals surface area contributed by atoms with E-state index in [0.29, 0.717) is 6.42 Å². The first-order chi connectivity index (χ1) is 8.47. The summed E-state index contributed by atoms with van der Waals surface area (Å²) in [6, 6.07) is 1.84. The highest BCUT2D eigenvalue weighted by Crippen LogP contribution is 2.28. The number of hydrogen-bond donors (Lipinski definition) is 2. The zero-order chi connectivity index (χ0) is 13.2. The van der Waals surface area contributed by atoms with Crippen molar-refractivity contribution in [2.24, 2.45) is 0 Å². The predicted molar refractivity (Wildman–Crippen MR) is 58.9 cm³/mol. The van der Waals surface area contributed by atoms with Crippen molar-refractivity contribution in [1.29, 1.82) is 0 Å². The largest absolute Gasteiger partial charge is 0.433 e. The molecule has 4 nitrogen and oxygen atoms in total. The van der Waals surface area contributed by atoms with Gasteiger partial charge in [0.1, 0.15) is 5.69 Å². The van der Waals surface area contributed by atoms with Crippen LogP contribution in [0.25, 0.3) is 0 Å². The van der Waals surface area contributed by atoms with Gasteiger partial charge >= 0.3 is 6.18 Å². The van der Waals surface area contributed by atoms with Gasteiger partial charge in [-0.2, -0.15) is 13.2 Å². The maximum absolute atomic E-state index is 12.4. The minimum absolute atomic E-state index is 0.107. The molecule has 2 N–H and O–H groups in total. The van der Waals surface area contributed by atoms with E-state index >= 15 is 0 Å². The van der Waals surface area contributed by atoms with Gasteiger partial charge < -0.3 is 10.6 Å². The molecule has 1 aromatic heterocycles. The van der Waals surface area contributed by atoms with Gasteiger partial charge in [-0.15, -0.1) is 0 Å². The molecular formula is C11H12F3N3O. The fourth-order valence-electron chi connectivity index (χ4n) is 1.80. The van der Waals surface area contributed by atoms with Crippen LogP contribution in [0, 0.1) is 0 Å². The van der Waals surface area contributed by atoms with Crippen molar-refractivity contribution < 1.29 is 18.0 Å². The van der Waals surface area contributed by atoms with Crippen molar-refractivity contribution in [2.45, 2.75) is 25.1 Å². The molecule has 1 saturated heterocycles. The fourth-order valence-corrected chi connectivity index (χ4v) is 1.80. The predicted octanol–water partition coefficient (Wildman–Crippen LogP) is 1.79. The Balaban J connectivity index is 2.07. The van der Waals surface area contributed by atoms with Crippen LogP contribution >= 0.6 is 0 Å². The standard InChI is InChI=1S/C11H12F3N3O/c12-11(13,14)9-6-7(3-5-16-9)17-10(18)8-2-1-4-15-8/h3,5-6,8,15H,1-2,4H2,(H,16,17,18). The lowest BCUT2D eigenvalue weighted by molar-refractivity contribution is -0.141. The van der Waals surface area contributed by atoms with E-state index in [1.165, 1.54) is 6.07 Å². The van der Waals surface area contributed by atoms with E-state index in [2.05, 4.69) is 15.6 Å². The molecule has 1 amide bonds. The second-order valence-electron chi connectivity index (χ2n) is 4.07. The molecule has 1 aliphatic heterocycles. The molecule has 1 fully saturated rings. The van der Waals surface area contributed by atoms with E-state index in [1.807, 2.05) is 0 Å². The molecule has 2 heterocycles. The number of nitrogens with zero attached hydrogens (tertiary/aromatic N) is 1. The molecule has 0 saturated carbocycles. The molecule has 1 aromatic rings. The molecule has 1 aliphatic rings. The number of anilines is 1. The molecule has 7 heteroatoms. The fraction of sp³-hybridized carbons (Fsp3) is 0.455. The maximum atomic E-state index is 12.4. The second kappa shape index (κ2) is 4.93. The van der Waals surface area contributed by atoms with Crippen LogP contribution in [0.1, 0.15) is 18.5 Å². The Kier molecular flexibility index (Phi) is 3.51. The lowest BCUT2D eigenvalue weighted by Crippen LogP contribution is -2.35. The topological polar surface area (TPSA) is 54.0 Å². The quantitative estimate of drug-likeness (QED) is 0.851. The number of amides is 1. The lowest BCUT2D eigenvalue weighted by Gasteiger charge is -2.12. The van der Waals surface area contributed by atoms with Crippen LogP contribution in [0.4, 0.5) is 18.9 Å². The third-order valence-corrected chi connectivity index (χ3v) is 2.69. The number of aromatic nitrogens is 1. The Bertz CT molecular complexity index is 441. The molecule has 0 aromatic carbocycles. The van der Waals surface area contributed by atoms with Gasteiger partial charge in [-0.1, -0.05) is 0 Å². The monoisotopic (exact) mass is 259 g/mol. The summed E-state index contributed by atoms with van der Waals surface area (Å²) < 4.78 is 37.3. The van der Waals surface area contributed by atoms with Gasteiger partial charge in [-0.25, -0.2) is 0 Å². The van der Waals surface area contributed by atoms with Crippen molar-refractivity contribution in [2.75, 3.05) is 11.9 Å². The normalized spacial score (nSPS) is 19.8. The minimum atomic E-state index is -4.51. The van der Waals surface area contributed by atoms with Gasteiger partial charge in [-0.05, 0) is 31.5 Å². The second-order valence-corrected chi connectivity index (χ2v) is 4.07. The molecular weight excluding hydrogens is 247 g/mol. The van der Waals surface area contributed by atoms with Crippen LogP contribution in [0.3, 0.4) is 0 Å². The van der Waals surface area contributed by atoms with E-state index in [4.69, 9.17) is 0 Å². The Morgan fingerprint density at radius 1 is 1.50 bits per heavy atom. The third-order valence-electron chi connectivity index (χ3n) is 2.69. The van der Waals surface area contributed by atoms with Crippen LogP contribution in [0.2, 0.25) is 0 Å². The number of alkyl halides is 3. The molecule has 1 atom stereocenters. The number of carbonyl (C=O) groups excluding carboxylic acids is 1. The van der Waals surface area contributed by atoms with E-state index in [9.17, 15) is 18.0 Å². The Hall–Kier alpha value is -1.63. The van der Waals surface area contributed by atoms with Crippen molar-refractivity contribution >= 4 is 11.6 Å².